The topological polar surface area (TPSA) is 50.9 Å². The number of aromatic nitrogens is 1. The molecule has 0 aliphatic carbocycles. The van der Waals surface area contributed by atoms with Crippen molar-refractivity contribution in [1.29, 1.82) is 0 Å². The maximum atomic E-state index is 12.5. The number of rotatable bonds is 4. The average molecular weight is 223 g/mol. The Morgan fingerprint density at radius 2 is 2.13 bits per heavy atom. The summed E-state index contributed by atoms with van der Waals surface area (Å²) in [7, 11) is 0. The second-order valence-electron chi connectivity index (χ2n) is 2.85. The van der Waals surface area contributed by atoms with Gasteiger partial charge >= 0.3 is 12.3 Å². The SMILES string of the molecule is Nc1ncccc1NCC(F)(F)C(F)F. The molecule has 7 heteroatoms. The largest absolute Gasteiger partial charge is 0.382 e. The third-order valence-electron chi connectivity index (χ3n) is 1.67. The van der Waals surface area contributed by atoms with Crippen molar-refractivity contribution in [2.24, 2.45) is 0 Å². The van der Waals surface area contributed by atoms with Crippen LogP contribution in [0.2, 0.25) is 0 Å². The van der Waals surface area contributed by atoms with Gasteiger partial charge in [-0.15, -0.1) is 0 Å². The first kappa shape index (κ1) is 11.5. The molecule has 1 aromatic heterocycles. The van der Waals surface area contributed by atoms with E-state index in [9.17, 15) is 17.6 Å². The van der Waals surface area contributed by atoms with Gasteiger partial charge in [0.2, 0.25) is 0 Å². The summed E-state index contributed by atoms with van der Waals surface area (Å²) < 4.78 is 48.5. The Kier molecular flexibility index (Phi) is 3.33. The van der Waals surface area contributed by atoms with Crippen molar-refractivity contribution >= 4 is 11.5 Å². The van der Waals surface area contributed by atoms with Crippen molar-refractivity contribution < 1.29 is 17.6 Å². The van der Waals surface area contributed by atoms with Gasteiger partial charge in [0.1, 0.15) is 5.82 Å². The van der Waals surface area contributed by atoms with E-state index in [0.717, 1.165) is 0 Å². The zero-order chi connectivity index (χ0) is 11.5. The number of alkyl halides is 4. The van der Waals surface area contributed by atoms with Crippen molar-refractivity contribution in [3.8, 4) is 0 Å². The highest BCUT2D eigenvalue weighted by atomic mass is 19.3. The summed E-state index contributed by atoms with van der Waals surface area (Å²) in [5.41, 5.74) is 5.43. The predicted molar refractivity (Wildman–Crippen MR) is 48.1 cm³/mol. The molecule has 0 unspecified atom stereocenters. The maximum Gasteiger partial charge on any atom is 0.324 e. The molecule has 3 N–H and O–H groups in total. The van der Waals surface area contributed by atoms with Crippen LogP contribution in [-0.4, -0.2) is 23.9 Å². The van der Waals surface area contributed by atoms with Crippen LogP contribution in [0.25, 0.3) is 0 Å². The highest BCUT2D eigenvalue weighted by Gasteiger charge is 2.40. The standard InChI is InChI=1S/C8H9F4N3/c9-7(10)8(11,12)4-15-5-2-1-3-14-6(5)13/h1-3,7,15H,4H2,(H2,13,14). The molecule has 0 atom stereocenters. The van der Waals surface area contributed by atoms with E-state index >= 15 is 0 Å². The van der Waals surface area contributed by atoms with E-state index in [2.05, 4.69) is 10.3 Å². The lowest BCUT2D eigenvalue weighted by atomic mass is 10.3. The smallest absolute Gasteiger partial charge is 0.324 e. The Balaban J connectivity index is 2.62. The third kappa shape index (κ3) is 2.97. The van der Waals surface area contributed by atoms with Gasteiger partial charge in [0.05, 0.1) is 12.2 Å². The highest BCUT2D eigenvalue weighted by molar-refractivity contribution is 5.60. The van der Waals surface area contributed by atoms with Crippen LogP contribution in [0.1, 0.15) is 0 Å². The number of anilines is 2. The van der Waals surface area contributed by atoms with Gasteiger partial charge in [-0.05, 0) is 12.1 Å². The highest BCUT2D eigenvalue weighted by Crippen LogP contribution is 2.24. The molecule has 84 valence electrons. The fraction of sp³-hybridized carbons (Fsp3) is 0.375. The number of hydrogen-bond donors (Lipinski definition) is 2. The van der Waals surface area contributed by atoms with Crippen LogP contribution >= 0.6 is 0 Å². The van der Waals surface area contributed by atoms with Gasteiger partial charge in [-0.2, -0.15) is 8.78 Å². The molecule has 0 fully saturated rings. The fourth-order valence-corrected chi connectivity index (χ4v) is 0.857. The number of nitrogen functional groups attached to an aromatic ring is 1. The summed E-state index contributed by atoms with van der Waals surface area (Å²) in [6.07, 6.45) is -2.34. The zero-order valence-electron chi connectivity index (χ0n) is 7.55. The van der Waals surface area contributed by atoms with Crippen LogP contribution in [0.15, 0.2) is 18.3 Å². The molecule has 1 rings (SSSR count). The molecular weight excluding hydrogens is 214 g/mol. The van der Waals surface area contributed by atoms with Gasteiger partial charge in [0.15, 0.2) is 0 Å². The summed E-state index contributed by atoms with van der Waals surface area (Å²) in [4.78, 5) is 3.61. The molecule has 0 saturated heterocycles. The Morgan fingerprint density at radius 3 is 2.67 bits per heavy atom. The first-order valence-electron chi connectivity index (χ1n) is 4.04. The first-order valence-corrected chi connectivity index (χ1v) is 4.04. The summed E-state index contributed by atoms with van der Waals surface area (Å²) >= 11 is 0. The van der Waals surface area contributed by atoms with E-state index in [-0.39, 0.29) is 11.5 Å². The number of nitrogens with one attached hydrogen (secondary N) is 1. The molecule has 0 aromatic carbocycles. The lowest BCUT2D eigenvalue weighted by Crippen LogP contribution is -2.35. The number of pyridine rings is 1. The number of hydrogen-bond acceptors (Lipinski definition) is 3. The Morgan fingerprint density at radius 1 is 1.47 bits per heavy atom. The van der Waals surface area contributed by atoms with Crippen molar-refractivity contribution in [2.75, 3.05) is 17.6 Å². The monoisotopic (exact) mass is 223 g/mol. The van der Waals surface area contributed by atoms with Crippen LogP contribution in [0, 0.1) is 0 Å². The number of nitrogens with zero attached hydrogens (tertiary/aromatic N) is 1. The second kappa shape index (κ2) is 4.33. The number of halogens is 4. The summed E-state index contributed by atoms with van der Waals surface area (Å²) in [6.45, 7) is -1.18. The minimum absolute atomic E-state index is 0.0115. The zero-order valence-corrected chi connectivity index (χ0v) is 7.55. The van der Waals surface area contributed by atoms with E-state index in [1.54, 1.807) is 0 Å². The Bertz CT molecular complexity index is 329. The van der Waals surface area contributed by atoms with Gasteiger partial charge in [-0.1, -0.05) is 0 Å². The molecular formula is C8H9F4N3. The minimum atomic E-state index is -4.08. The molecule has 3 nitrogen and oxygen atoms in total. The van der Waals surface area contributed by atoms with Gasteiger partial charge in [0.25, 0.3) is 0 Å². The van der Waals surface area contributed by atoms with Crippen LogP contribution < -0.4 is 11.1 Å². The van der Waals surface area contributed by atoms with Crippen molar-refractivity contribution in [3.63, 3.8) is 0 Å². The van der Waals surface area contributed by atoms with E-state index in [4.69, 9.17) is 5.73 Å². The van der Waals surface area contributed by atoms with Crippen LogP contribution in [-0.2, 0) is 0 Å². The maximum absolute atomic E-state index is 12.5. The van der Waals surface area contributed by atoms with Crippen molar-refractivity contribution in [1.82, 2.24) is 4.98 Å². The normalized spacial score (nSPS) is 11.8. The van der Waals surface area contributed by atoms with Gasteiger partial charge in [-0.25, -0.2) is 13.8 Å². The Hall–Kier alpha value is -1.53. The molecule has 0 bridgehead atoms. The van der Waals surface area contributed by atoms with Gasteiger partial charge in [0, 0.05) is 6.20 Å². The van der Waals surface area contributed by atoms with E-state index in [1.807, 2.05) is 0 Å². The molecule has 1 aromatic rings. The van der Waals surface area contributed by atoms with Crippen molar-refractivity contribution in [3.05, 3.63) is 18.3 Å². The average Bonchev–Trinajstić information content (AvgIpc) is 2.16. The molecule has 1 heterocycles. The first-order chi connectivity index (χ1) is 6.93. The minimum Gasteiger partial charge on any atom is -0.382 e. The number of nitrogens with two attached hydrogens (primary N) is 1. The fourth-order valence-electron chi connectivity index (χ4n) is 0.857. The molecule has 0 saturated carbocycles. The lowest BCUT2D eigenvalue weighted by Gasteiger charge is -2.16. The van der Waals surface area contributed by atoms with E-state index < -0.39 is 18.9 Å². The molecule has 0 spiro atoms. The summed E-state index contributed by atoms with van der Waals surface area (Å²) in [5.74, 6) is -4.09. The van der Waals surface area contributed by atoms with Gasteiger partial charge in [-0.3, -0.25) is 0 Å². The van der Waals surface area contributed by atoms with Crippen LogP contribution in [0.5, 0.6) is 0 Å². The predicted octanol–water partition coefficient (Wildman–Crippen LogP) is 1.98. The summed E-state index contributed by atoms with van der Waals surface area (Å²) in [5, 5.41) is 2.12. The quantitative estimate of drug-likeness (QED) is 0.767. The van der Waals surface area contributed by atoms with Crippen LogP contribution in [0.4, 0.5) is 29.1 Å². The van der Waals surface area contributed by atoms with E-state index in [1.165, 1.54) is 18.3 Å². The molecule has 0 aliphatic rings. The van der Waals surface area contributed by atoms with Crippen molar-refractivity contribution in [2.45, 2.75) is 12.3 Å². The van der Waals surface area contributed by atoms with Crippen LogP contribution in [0.3, 0.4) is 0 Å². The summed E-state index contributed by atoms with van der Waals surface area (Å²) in [6, 6.07) is 2.84. The molecule has 0 aliphatic heterocycles. The van der Waals surface area contributed by atoms with Gasteiger partial charge < -0.3 is 11.1 Å². The third-order valence-corrected chi connectivity index (χ3v) is 1.67. The lowest BCUT2D eigenvalue weighted by molar-refractivity contribution is -0.117. The second-order valence-corrected chi connectivity index (χ2v) is 2.85. The Labute approximate surface area is 83.3 Å². The molecule has 0 amide bonds. The molecule has 0 radical (unpaired) electrons. The molecule has 15 heavy (non-hydrogen) atoms. The van der Waals surface area contributed by atoms with E-state index in [0.29, 0.717) is 0 Å².